The summed E-state index contributed by atoms with van der Waals surface area (Å²) in [5.74, 6) is 0.786. The second kappa shape index (κ2) is 5.09. The summed E-state index contributed by atoms with van der Waals surface area (Å²) in [4.78, 5) is 0. The lowest BCUT2D eigenvalue weighted by Gasteiger charge is -2.08. The predicted octanol–water partition coefficient (Wildman–Crippen LogP) is -0.266. The van der Waals surface area contributed by atoms with E-state index in [9.17, 15) is 0 Å². The van der Waals surface area contributed by atoms with Gasteiger partial charge in [0.05, 0.1) is 18.4 Å². The van der Waals surface area contributed by atoms with Crippen LogP contribution in [0.15, 0.2) is 4.52 Å². The lowest BCUT2D eigenvalue weighted by Crippen LogP contribution is -2.29. The molecule has 1 heterocycles. The SMILES string of the molecule is Cc1noc(C)c1CNC[C@H](O)CO. The summed E-state index contributed by atoms with van der Waals surface area (Å²) in [6.45, 7) is 4.45. The Hall–Kier alpha value is -0.910. The minimum absolute atomic E-state index is 0.228. The first-order chi connectivity index (χ1) is 6.65. The van der Waals surface area contributed by atoms with E-state index in [0.717, 1.165) is 17.0 Å². The van der Waals surface area contributed by atoms with Gasteiger partial charge in [-0.15, -0.1) is 0 Å². The van der Waals surface area contributed by atoms with Gasteiger partial charge in [-0.2, -0.15) is 0 Å². The first kappa shape index (κ1) is 11.2. The molecule has 5 heteroatoms. The summed E-state index contributed by atoms with van der Waals surface area (Å²) in [6, 6.07) is 0. The number of aromatic nitrogens is 1. The first-order valence-electron chi connectivity index (χ1n) is 4.56. The number of aryl methyl sites for hydroxylation is 2. The number of hydrogen-bond acceptors (Lipinski definition) is 5. The lowest BCUT2D eigenvalue weighted by molar-refractivity contribution is 0.0942. The third kappa shape index (κ3) is 2.80. The van der Waals surface area contributed by atoms with Gasteiger partial charge in [-0.25, -0.2) is 0 Å². The summed E-state index contributed by atoms with van der Waals surface area (Å²) in [5.41, 5.74) is 1.86. The standard InChI is InChI=1S/C9H16N2O3/c1-6-9(7(2)14-11-6)4-10-3-8(13)5-12/h8,10,12-13H,3-5H2,1-2H3/t8-/m0/s1. The first-order valence-corrected chi connectivity index (χ1v) is 4.56. The molecule has 0 saturated heterocycles. The van der Waals surface area contributed by atoms with Gasteiger partial charge < -0.3 is 20.1 Å². The Morgan fingerprint density at radius 2 is 2.21 bits per heavy atom. The molecule has 0 fully saturated rings. The normalized spacial score (nSPS) is 13.1. The molecule has 0 radical (unpaired) electrons. The van der Waals surface area contributed by atoms with E-state index in [1.807, 2.05) is 13.8 Å². The van der Waals surface area contributed by atoms with E-state index in [-0.39, 0.29) is 6.61 Å². The van der Waals surface area contributed by atoms with Gasteiger partial charge in [0.1, 0.15) is 5.76 Å². The van der Waals surface area contributed by atoms with Gasteiger partial charge in [-0.1, -0.05) is 5.16 Å². The Kier molecular flexibility index (Phi) is 4.06. The minimum atomic E-state index is -0.713. The second-order valence-electron chi connectivity index (χ2n) is 3.27. The van der Waals surface area contributed by atoms with Gasteiger partial charge in [0.2, 0.25) is 0 Å². The van der Waals surface area contributed by atoms with Crippen LogP contribution in [0.5, 0.6) is 0 Å². The number of hydrogen-bond donors (Lipinski definition) is 3. The number of rotatable bonds is 5. The molecular formula is C9H16N2O3. The van der Waals surface area contributed by atoms with Crippen molar-refractivity contribution < 1.29 is 14.7 Å². The van der Waals surface area contributed by atoms with E-state index >= 15 is 0 Å². The molecule has 1 aromatic rings. The zero-order valence-electron chi connectivity index (χ0n) is 8.45. The minimum Gasteiger partial charge on any atom is -0.394 e. The fourth-order valence-electron chi connectivity index (χ4n) is 1.18. The molecule has 1 aromatic heterocycles. The number of nitrogens with zero attached hydrogens (tertiary/aromatic N) is 1. The average molecular weight is 200 g/mol. The summed E-state index contributed by atoms with van der Waals surface area (Å²) in [6.07, 6.45) is -0.713. The molecular weight excluding hydrogens is 184 g/mol. The zero-order chi connectivity index (χ0) is 10.6. The Morgan fingerprint density at radius 3 is 2.71 bits per heavy atom. The van der Waals surface area contributed by atoms with Crippen molar-refractivity contribution in [3.05, 3.63) is 17.0 Å². The Bertz CT molecular complexity index is 266. The van der Waals surface area contributed by atoms with Crippen molar-refractivity contribution in [3.8, 4) is 0 Å². The molecule has 14 heavy (non-hydrogen) atoms. The van der Waals surface area contributed by atoms with Crippen LogP contribution in [0, 0.1) is 13.8 Å². The Morgan fingerprint density at radius 1 is 1.50 bits per heavy atom. The molecule has 0 saturated carbocycles. The van der Waals surface area contributed by atoms with Gasteiger partial charge >= 0.3 is 0 Å². The van der Waals surface area contributed by atoms with E-state index in [0.29, 0.717) is 13.1 Å². The molecule has 3 N–H and O–H groups in total. The van der Waals surface area contributed by atoms with Crippen molar-refractivity contribution in [2.24, 2.45) is 0 Å². The van der Waals surface area contributed by atoms with Crippen LogP contribution in [0.4, 0.5) is 0 Å². The van der Waals surface area contributed by atoms with Crippen molar-refractivity contribution in [1.29, 1.82) is 0 Å². The van der Waals surface area contributed by atoms with E-state index < -0.39 is 6.10 Å². The van der Waals surface area contributed by atoms with Crippen molar-refractivity contribution in [1.82, 2.24) is 10.5 Å². The fourth-order valence-corrected chi connectivity index (χ4v) is 1.18. The molecule has 0 aliphatic rings. The molecule has 0 bridgehead atoms. The van der Waals surface area contributed by atoms with E-state index in [1.54, 1.807) is 0 Å². The molecule has 0 unspecified atom stereocenters. The molecule has 80 valence electrons. The summed E-state index contributed by atoms with van der Waals surface area (Å²) >= 11 is 0. The van der Waals surface area contributed by atoms with Gasteiger partial charge in [0.25, 0.3) is 0 Å². The zero-order valence-corrected chi connectivity index (χ0v) is 8.45. The van der Waals surface area contributed by atoms with Gasteiger partial charge in [0, 0.05) is 18.7 Å². The smallest absolute Gasteiger partial charge is 0.138 e. The van der Waals surface area contributed by atoms with Crippen molar-refractivity contribution in [3.63, 3.8) is 0 Å². The van der Waals surface area contributed by atoms with Crippen LogP contribution in [-0.4, -0.2) is 34.6 Å². The maximum Gasteiger partial charge on any atom is 0.138 e. The van der Waals surface area contributed by atoms with Crippen LogP contribution in [0.2, 0.25) is 0 Å². The van der Waals surface area contributed by atoms with Gasteiger partial charge in [-0.3, -0.25) is 0 Å². The number of aliphatic hydroxyl groups is 2. The average Bonchev–Trinajstić information content (AvgIpc) is 2.48. The second-order valence-corrected chi connectivity index (χ2v) is 3.27. The number of nitrogens with one attached hydrogen (secondary N) is 1. The molecule has 0 amide bonds. The largest absolute Gasteiger partial charge is 0.394 e. The summed E-state index contributed by atoms with van der Waals surface area (Å²) in [5, 5.41) is 24.5. The topological polar surface area (TPSA) is 78.5 Å². The summed E-state index contributed by atoms with van der Waals surface area (Å²) in [7, 11) is 0. The lowest BCUT2D eigenvalue weighted by atomic mass is 10.2. The van der Waals surface area contributed by atoms with Crippen LogP contribution >= 0.6 is 0 Å². The van der Waals surface area contributed by atoms with Crippen molar-refractivity contribution >= 4 is 0 Å². The maximum atomic E-state index is 9.07. The quantitative estimate of drug-likeness (QED) is 0.610. The van der Waals surface area contributed by atoms with E-state index in [1.165, 1.54) is 0 Å². The van der Waals surface area contributed by atoms with Gasteiger partial charge in [-0.05, 0) is 13.8 Å². The highest BCUT2D eigenvalue weighted by atomic mass is 16.5. The van der Waals surface area contributed by atoms with Crippen molar-refractivity contribution in [2.75, 3.05) is 13.2 Å². The molecule has 1 rings (SSSR count). The van der Waals surface area contributed by atoms with Crippen LogP contribution < -0.4 is 5.32 Å². The van der Waals surface area contributed by atoms with Crippen LogP contribution in [0.1, 0.15) is 17.0 Å². The molecule has 0 spiro atoms. The maximum absolute atomic E-state index is 9.07. The van der Waals surface area contributed by atoms with Gasteiger partial charge in [0.15, 0.2) is 0 Å². The molecule has 0 aliphatic carbocycles. The van der Waals surface area contributed by atoms with E-state index in [2.05, 4.69) is 10.5 Å². The number of aliphatic hydroxyl groups excluding tert-OH is 2. The predicted molar refractivity (Wildman–Crippen MR) is 50.8 cm³/mol. The van der Waals surface area contributed by atoms with Crippen LogP contribution in [-0.2, 0) is 6.54 Å². The van der Waals surface area contributed by atoms with Crippen LogP contribution in [0.25, 0.3) is 0 Å². The highest BCUT2D eigenvalue weighted by Crippen LogP contribution is 2.11. The molecule has 5 nitrogen and oxygen atoms in total. The Balaban J connectivity index is 2.38. The highest BCUT2D eigenvalue weighted by molar-refractivity contribution is 5.20. The molecule has 0 aromatic carbocycles. The van der Waals surface area contributed by atoms with E-state index in [4.69, 9.17) is 14.7 Å². The molecule has 0 aliphatic heterocycles. The van der Waals surface area contributed by atoms with Crippen LogP contribution in [0.3, 0.4) is 0 Å². The monoisotopic (exact) mass is 200 g/mol. The van der Waals surface area contributed by atoms with Crippen molar-refractivity contribution in [2.45, 2.75) is 26.5 Å². The third-order valence-electron chi connectivity index (χ3n) is 2.07. The fraction of sp³-hybridized carbons (Fsp3) is 0.667. The third-order valence-corrected chi connectivity index (χ3v) is 2.07. The Labute approximate surface area is 82.7 Å². The highest BCUT2D eigenvalue weighted by Gasteiger charge is 2.08. The molecule has 1 atom stereocenters. The summed E-state index contributed by atoms with van der Waals surface area (Å²) < 4.78 is 4.98.